The average molecular weight is 417 g/mol. The van der Waals surface area contributed by atoms with E-state index in [2.05, 4.69) is 5.32 Å². The van der Waals surface area contributed by atoms with Crippen LogP contribution < -0.4 is 10.1 Å². The van der Waals surface area contributed by atoms with Gasteiger partial charge >= 0.3 is 0 Å². The highest BCUT2D eigenvalue weighted by Crippen LogP contribution is 2.34. The van der Waals surface area contributed by atoms with Crippen LogP contribution in [0.25, 0.3) is 10.1 Å². The summed E-state index contributed by atoms with van der Waals surface area (Å²) in [4.78, 5) is 15.5. The van der Waals surface area contributed by atoms with Crippen LogP contribution in [-0.4, -0.2) is 45.7 Å². The number of benzene rings is 2. The minimum atomic E-state index is -0.339. The fourth-order valence-corrected chi connectivity index (χ4v) is 4.47. The summed E-state index contributed by atoms with van der Waals surface area (Å²) in [6.45, 7) is 0.598. The van der Waals surface area contributed by atoms with Gasteiger partial charge in [0.2, 0.25) is 0 Å². The third-order valence-corrected chi connectivity index (χ3v) is 6.03. The number of methoxy groups -OCH3 is 2. The molecule has 0 aliphatic heterocycles. The molecule has 7 heteroatoms. The summed E-state index contributed by atoms with van der Waals surface area (Å²) in [6, 6.07) is 12.6. The Bertz CT molecular complexity index is 986. The van der Waals surface area contributed by atoms with E-state index in [0.717, 1.165) is 16.0 Å². The molecule has 0 bridgehead atoms. The number of nitrogens with one attached hydrogen (secondary N) is 1. The molecule has 29 heavy (non-hydrogen) atoms. The SMILES string of the molecule is COCc1c(C(=O)NCC(c2ccc(OC)cc2)N(C)C)sc2cccc(F)c12. The van der Waals surface area contributed by atoms with Crippen molar-refractivity contribution >= 4 is 27.3 Å². The Morgan fingerprint density at radius 3 is 2.52 bits per heavy atom. The van der Waals surface area contributed by atoms with E-state index in [1.54, 1.807) is 13.2 Å². The molecular formula is C22H25FN2O3S. The predicted molar refractivity (Wildman–Crippen MR) is 114 cm³/mol. The van der Waals surface area contributed by atoms with E-state index in [-0.39, 0.29) is 24.4 Å². The molecule has 1 atom stereocenters. The molecule has 1 heterocycles. The molecule has 2 aromatic carbocycles. The number of nitrogens with zero attached hydrogens (tertiary/aromatic N) is 1. The summed E-state index contributed by atoms with van der Waals surface area (Å²) in [5, 5.41) is 3.47. The Hall–Kier alpha value is -2.48. The maximum absolute atomic E-state index is 14.4. The van der Waals surface area contributed by atoms with Crippen LogP contribution in [0.15, 0.2) is 42.5 Å². The normalized spacial score (nSPS) is 12.3. The molecule has 1 N–H and O–H groups in total. The summed E-state index contributed by atoms with van der Waals surface area (Å²) in [5.74, 6) is 0.221. The highest BCUT2D eigenvalue weighted by Gasteiger charge is 2.22. The number of hydrogen-bond donors (Lipinski definition) is 1. The van der Waals surface area contributed by atoms with Gasteiger partial charge in [-0.05, 0) is 43.9 Å². The zero-order valence-electron chi connectivity index (χ0n) is 17.0. The molecule has 3 aromatic rings. The number of halogens is 1. The minimum absolute atomic E-state index is 0.0122. The van der Waals surface area contributed by atoms with E-state index >= 15 is 0 Å². The van der Waals surface area contributed by atoms with Crippen LogP contribution in [0.1, 0.15) is 26.8 Å². The van der Waals surface area contributed by atoms with Crippen molar-refractivity contribution in [3.63, 3.8) is 0 Å². The molecule has 0 saturated carbocycles. The number of rotatable bonds is 8. The number of carbonyl (C=O) groups is 1. The van der Waals surface area contributed by atoms with Gasteiger partial charge in [0.05, 0.1) is 24.6 Å². The lowest BCUT2D eigenvalue weighted by Gasteiger charge is -2.25. The van der Waals surface area contributed by atoms with Crippen molar-refractivity contribution in [1.29, 1.82) is 0 Å². The Morgan fingerprint density at radius 1 is 1.17 bits per heavy atom. The summed E-state index contributed by atoms with van der Waals surface area (Å²) < 4.78 is 25.5. The lowest BCUT2D eigenvalue weighted by Crippen LogP contribution is -2.34. The summed E-state index contributed by atoms with van der Waals surface area (Å²) in [6.07, 6.45) is 0. The number of likely N-dealkylation sites (N-methyl/N-ethyl adjacent to an activating group) is 1. The van der Waals surface area contributed by atoms with Crippen LogP contribution in [-0.2, 0) is 11.3 Å². The zero-order valence-corrected chi connectivity index (χ0v) is 17.8. The second-order valence-corrected chi connectivity index (χ2v) is 7.97. The van der Waals surface area contributed by atoms with Gasteiger partial charge in [-0.1, -0.05) is 18.2 Å². The highest BCUT2D eigenvalue weighted by atomic mass is 32.1. The molecule has 0 saturated heterocycles. The van der Waals surface area contributed by atoms with Gasteiger partial charge in [0.15, 0.2) is 0 Å². The van der Waals surface area contributed by atoms with Crippen LogP contribution in [0.2, 0.25) is 0 Å². The lowest BCUT2D eigenvalue weighted by molar-refractivity contribution is 0.0941. The molecule has 0 fully saturated rings. The van der Waals surface area contributed by atoms with E-state index in [4.69, 9.17) is 9.47 Å². The van der Waals surface area contributed by atoms with Crippen LogP contribution >= 0.6 is 11.3 Å². The number of ether oxygens (including phenoxy) is 2. The van der Waals surface area contributed by atoms with Crippen molar-refractivity contribution in [3.05, 3.63) is 64.3 Å². The van der Waals surface area contributed by atoms with E-state index < -0.39 is 0 Å². The first-order valence-electron chi connectivity index (χ1n) is 9.23. The van der Waals surface area contributed by atoms with Crippen molar-refractivity contribution in [2.45, 2.75) is 12.6 Å². The third-order valence-electron chi connectivity index (χ3n) is 4.84. The number of fused-ring (bicyclic) bond motifs is 1. The van der Waals surface area contributed by atoms with Crippen molar-refractivity contribution in [1.82, 2.24) is 10.2 Å². The van der Waals surface area contributed by atoms with Crippen molar-refractivity contribution < 1.29 is 18.7 Å². The maximum atomic E-state index is 14.4. The molecule has 0 aliphatic carbocycles. The molecule has 5 nitrogen and oxygen atoms in total. The second-order valence-electron chi connectivity index (χ2n) is 6.92. The molecule has 1 aromatic heterocycles. The number of amides is 1. The van der Waals surface area contributed by atoms with Crippen LogP contribution in [0, 0.1) is 5.82 Å². The third kappa shape index (κ3) is 4.58. The molecule has 1 amide bonds. The van der Waals surface area contributed by atoms with E-state index in [1.807, 2.05) is 49.3 Å². The Labute approximate surface area is 174 Å². The summed E-state index contributed by atoms with van der Waals surface area (Å²) in [5.41, 5.74) is 1.66. The first-order valence-corrected chi connectivity index (χ1v) is 10.0. The monoisotopic (exact) mass is 416 g/mol. The van der Waals surface area contributed by atoms with E-state index in [9.17, 15) is 9.18 Å². The van der Waals surface area contributed by atoms with Gasteiger partial charge in [-0.25, -0.2) is 4.39 Å². The molecular weight excluding hydrogens is 391 g/mol. The Balaban J connectivity index is 1.83. The van der Waals surface area contributed by atoms with Crippen molar-refractivity contribution in [2.24, 2.45) is 0 Å². The smallest absolute Gasteiger partial charge is 0.261 e. The van der Waals surface area contributed by atoms with E-state index in [1.165, 1.54) is 24.5 Å². The first-order chi connectivity index (χ1) is 14.0. The summed E-state index contributed by atoms with van der Waals surface area (Å²) in [7, 11) is 7.10. The molecule has 0 radical (unpaired) electrons. The quantitative estimate of drug-likeness (QED) is 0.597. The Morgan fingerprint density at radius 2 is 1.90 bits per heavy atom. The van der Waals surface area contributed by atoms with Gasteiger partial charge in [-0.15, -0.1) is 11.3 Å². The van der Waals surface area contributed by atoms with Gasteiger partial charge < -0.3 is 19.7 Å². The topological polar surface area (TPSA) is 50.8 Å². The highest BCUT2D eigenvalue weighted by molar-refractivity contribution is 7.21. The lowest BCUT2D eigenvalue weighted by atomic mass is 10.1. The number of thiophene rings is 1. The maximum Gasteiger partial charge on any atom is 0.261 e. The van der Waals surface area contributed by atoms with Gasteiger partial charge in [-0.2, -0.15) is 0 Å². The minimum Gasteiger partial charge on any atom is -0.497 e. The number of hydrogen-bond acceptors (Lipinski definition) is 5. The molecule has 0 aliphatic rings. The standard InChI is InChI=1S/C22H25FN2O3S/c1-25(2)18(14-8-10-15(28-4)11-9-14)12-24-22(26)21-16(13-27-3)20-17(23)6-5-7-19(20)29-21/h5-11,18H,12-13H2,1-4H3,(H,24,26). The number of carbonyl (C=O) groups excluding carboxylic acids is 1. The van der Waals surface area contributed by atoms with E-state index in [0.29, 0.717) is 22.4 Å². The summed E-state index contributed by atoms with van der Waals surface area (Å²) >= 11 is 1.28. The predicted octanol–water partition coefficient (Wildman–Crippen LogP) is 4.23. The van der Waals surface area contributed by atoms with Crippen LogP contribution in [0.5, 0.6) is 5.75 Å². The van der Waals surface area contributed by atoms with Crippen LogP contribution in [0.4, 0.5) is 4.39 Å². The van der Waals surface area contributed by atoms with Crippen molar-refractivity contribution in [2.75, 3.05) is 34.9 Å². The molecule has 3 rings (SSSR count). The first kappa shape index (κ1) is 21.2. The average Bonchev–Trinajstić information content (AvgIpc) is 3.08. The van der Waals surface area contributed by atoms with Crippen LogP contribution in [0.3, 0.4) is 0 Å². The second kappa shape index (κ2) is 9.35. The van der Waals surface area contributed by atoms with Gasteiger partial charge in [0.25, 0.3) is 5.91 Å². The fraction of sp³-hybridized carbons (Fsp3) is 0.318. The molecule has 1 unspecified atom stereocenters. The van der Waals surface area contributed by atoms with Gasteiger partial charge in [-0.3, -0.25) is 4.79 Å². The molecule has 154 valence electrons. The Kier molecular flexibility index (Phi) is 6.84. The largest absolute Gasteiger partial charge is 0.497 e. The zero-order chi connectivity index (χ0) is 21.0. The van der Waals surface area contributed by atoms with Crippen molar-refractivity contribution in [3.8, 4) is 5.75 Å². The molecule has 0 spiro atoms. The fourth-order valence-electron chi connectivity index (χ4n) is 3.33. The van der Waals surface area contributed by atoms with Gasteiger partial charge in [0.1, 0.15) is 11.6 Å². The van der Waals surface area contributed by atoms with Gasteiger partial charge in [0, 0.05) is 29.3 Å².